The van der Waals surface area contributed by atoms with Crippen molar-refractivity contribution in [2.24, 2.45) is 0 Å². The molecule has 1 atom stereocenters. The molecule has 134 valence electrons. The molecule has 2 amide bonds. The number of carbonyl (C=O) groups excluding carboxylic acids is 1. The largest absolute Gasteiger partial charge is 0.322 e. The first kappa shape index (κ1) is 16.7. The molecule has 3 heterocycles. The smallest absolute Gasteiger partial charge is 0.322 e. The van der Waals surface area contributed by atoms with Gasteiger partial charge in [-0.15, -0.1) is 5.10 Å². The van der Waals surface area contributed by atoms with E-state index in [2.05, 4.69) is 33.0 Å². The number of rotatable bonds is 3. The topological polar surface area (TPSA) is 75.9 Å². The third-order valence-electron chi connectivity index (χ3n) is 4.60. The molecule has 0 aliphatic carbocycles. The van der Waals surface area contributed by atoms with Crippen LogP contribution >= 0.6 is 11.5 Å². The first-order valence-electron chi connectivity index (χ1n) is 8.58. The molecule has 4 rings (SSSR count). The van der Waals surface area contributed by atoms with E-state index in [0.29, 0.717) is 23.8 Å². The van der Waals surface area contributed by atoms with Crippen LogP contribution in [0.1, 0.15) is 23.9 Å². The molecule has 0 radical (unpaired) electrons. The second kappa shape index (κ2) is 6.87. The van der Waals surface area contributed by atoms with Crippen LogP contribution in [0, 0.1) is 13.8 Å². The van der Waals surface area contributed by atoms with Gasteiger partial charge in [-0.2, -0.15) is 5.10 Å². The number of amides is 2. The number of hydrogen-bond donors (Lipinski definition) is 1. The SMILES string of the molecule is Cc1cc(C)n([C@H]2CCN(C(=O)Nc3snnc3-c3ccccc3)C2)n1. The van der Waals surface area contributed by atoms with Crippen molar-refractivity contribution in [2.75, 3.05) is 18.4 Å². The number of nitrogens with one attached hydrogen (secondary N) is 1. The van der Waals surface area contributed by atoms with Crippen LogP contribution in [0.5, 0.6) is 0 Å². The Morgan fingerprint density at radius 1 is 1.27 bits per heavy atom. The molecule has 8 heteroatoms. The Hall–Kier alpha value is -2.74. The lowest BCUT2D eigenvalue weighted by Gasteiger charge is -2.17. The lowest BCUT2D eigenvalue weighted by Crippen LogP contribution is -2.33. The van der Waals surface area contributed by atoms with Gasteiger partial charge < -0.3 is 4.90 Å². The lowest BCUT2D eigenvalue weighted by atomic mass is 10.2. The number of aryl methyl sites for hydroxylation is 2. The normalized spacial score (nSPS) is 16.8. The summed E-state index contributed by atoms with van der Waals surface area (Å²) in [5, 5.41) is 12.4. The molecule has 7 nitrogen and oxygen atoms in total. The van der Waals surface area contributed by atoms with E-state index in [-0.39, 0.29) is 12.1 Å². The summed E-state index contributed by atoms with van der Waals surface area (Å²) in [5.41, 5.74) is 3.79. The summed E-state index contributed by atoms with van der Waals surface area (Å²) in [7, 11) is 0. The second-order valence-corrected chi connectivity index (χ2v) is 7.26. The fraction of sp³-hybridized carbons (Fsp3) is 0.333. The summed E-state index contributed by atoms with van der Waals surface area (Å²) in [6.45, 7) is 5.41. The summed E-state index contributed by atoms with van der Waals surface area (Å²) in [6, 6.07) is 11.9. The van der Waals surface area contributed by atoms with Crippen LogP contribution in [0.25, 0.3) is 11.3 Å². The number of hydrogen-bond acceptors (Lipinski definition) is 5. The average Bonchev–Trinajstić information content (AvgIpc) is 3.35. The molecule has 0 unspecified atom stereocenters. The third-order valence-corrected chi connectivity index (χ3v) is 5.24. The predicted octanol–water partition coefficient (Wildman–Crippen LogP) is 3.50. The van der Waals surface area contributed by atoms with Crippen molar-refractivity contribution in [3.63, 3.8) is 0 Å². The van der Waals surface area contributed by atoms with Crippen LogP contribution in [0.15, 0.2) is 36.4 Å². The zero-order valence-electron chi connectivity index (χ0n) is 14.7. The van der Waals surface area contributed by atoms with Crippen molar-refractivity contribution in [3.8, 4) is 11.3 Å². The highest BCUT2D eigenvalue weighted by Gasteiger charge is 2.29. The summed E-state index contributed by atoms with van der Waals surface area (Å²) >= 11 is 1.20. The number of carbonyl (C=O) groups is 1. The Morgan fingerprint density at radius 2 is 2.08 bits per heavy atom. The first-order valence-corrected chi connectivity index (χ1v) is 9.35. The van der Waals surface area contributed by atoms with Gasteiger partial charge in [0.05, 0.1) is 11.7 Å². The molecule has 1 N–H and O–H groups in total. The van der Waals surface area contributed by atoms with Crippen molar-refractivity contribution in [1.82, 2.24) is 24.3 Å². The maximum Gasteiger partial charge on any atom is 0.322 e. The molecule has 1 saturated heterocycles. The maximum atomic E-state index is 12.7. The summed E-state index contributed by atoms with van der Waals surface area (Å²) in [4.78, 5) is 14.5. The summed E-state index contributed by atoms with van der Waals surface area (Å²) in [5.74, 6) is 0. The van der Waals surface area contributed by atoms with Gasteiger partial charge in [-0.3, -0.25) is 10.00 Å². The average molecular weight is 368 g/mol. The molecule has 1 aromatic carbocycles. The van der Waals surface area contributed by atoms with Gasteiger partial charge in [0.25, 0.3) is 0 Å². The van der Waals surface area contributed by atoms with Gasteiger partial charge in [0, 0.05) is 35.9 Å². The van der Waals surface area contributed by atoms with Crippen LogP contribution in [0.2, 0.25) is 0 Å². The van der Waals surface area contributed by atoms with E-state index < -0.39 is 0 Å². The number of anilines is 1. The fourth-order valence-electron chi connectivity index (χ4n) is 3.38. The molecular formula is C18H20N6OS. The Morgan fingerprint density at radius 3 is 2.81 bits per heavy atom. The number of nitrogens with zero attached hydrogens (tertiary/aromatic N) is 5. The Kier molecular flexibility index (Phi) is 4.42. The monoisotopic (exact) mass is 368 g/mol. The minimum atomic E-state index is -0.114. The van der Waals surface area contributed by atoms with Gasteiger partial charge in [0.2, 0.25) is 0 Å². The van der Waals surface area contributed by atoms with E-state index in [9.17, 15) is 4.79 Å². The van der Waals surface area contributed by atoms with E-state index >= 15 is 0 Å². The Labute approximate surface area is 155 Å². The third kappa shape index (κ3) is 3.20. The molecular weight excluding hydrogens is 348 g/mol. The van der Waals surface area contributed by atoms with Crippen LogP contribution in [-0.2, 0) is 0 Å². The minimum Gasteiger partial charge on any atom is -0.322 e. The summed E-state index contributed by atoms with van der Waals surface area (Å²) < 4.78 is 6.03. The molecule has 1 aliphatic heterocycles. The van der Waals surface area contributed by atoms with Crippen LogP contribution in [0.3, 0.4) is 0 Å². The van der Waals surface area contributed by atoms with E-state index in [1.54, 1.807) is 0 Å². The van der Waals surface area contributed by atoms with Gasteiger partial charge in [0.15, 0.2) is 0 Å². The van der Waals surface area contributed by atoms with Crippen molar-refractivity contribution >= 4 is 22.6 Å². The molecule has 2 aromatic heterocycles. The molecule has 1 fully saturated rings. The van der Waals surface area contributed by atoms with Crippen LogP contribution < -0.4 is 5.32 Å². The summed E-state index contributed by atoms with van der Waals surface area (Å²) in [6.07, 6.45) is 0.905. The van der Waals surface area contributed by atoms with Crippen molar-refractivity contribution < 1.29 is 4.79 Å². The van der Waals surface area contributed by atoms with Gasteiger partial charge in [0.1, 0.15) is 10.7 Å². The molecule has 3 aromatic rings. The standard InChI is InChI=1S/C18H20N6OS/c1-12-10-13(2)24(21-12)15-8-9-23(11-15)18(25)19-17-16(20-22-26-17)14-6-4-3-5-7-14/h3-7,10,15H,8-9,11H2,1-2H3,(H,19,25)/t15-/m0/s1. The predicted molar refractivity (Wildman–Crippen MR) is 101 cm³/mol. The molecule has 1 aliphatic rings. The van der Waals surface area contributed by atoms with Crippen molar-refractivity contribution in [1.29, 1.82) is 0 Å². The van der Waals surface area contributed by atoms with Gasteiger partial charge in [-0.25, -0.2) is 4.79 Å². The second-order valence-electron chi connectivity index (χ2n) is 6.51. The van der Waals surface area contributed by atoms with E-state index in [4.69, 9.17) is 0 Å². The minimum absolute atomic E-state index is 0.114. The molecule has 0 spiro atoms. The molecule has 0 saturated carbocycles. The van der Waals surface area contributed by atoms with Crippen LogP contribution in [-0.4, -0.2) is 43.4 Å². The van der Waals surface area contributed by atoms with Crippen LogP contribution in [0.4, 0.5) is 9.80 Å². The number of likely N-dealkylation sites (tertiary alicyclic amines) is 1. The Bertz CT molecular complexity index is 919. The number of benzene rings is 1. The number of aromatic nitrogens is 4. The van der Waals surface area contributed by atoms with Gasteiger partial charge >= 0.3 is 6.03 Å². The zero-order chi connectivity index (χ0) is 18.1. The molecule has 26 heavy (non-hydrogen) atoms. The molecule has 0 bridgehead atoms. The maximum absolute atomic E-state index is 12.7. The highest BCUT2D eigenvalue weighted by Crippen LogP contribution is 2.30. The quantitative estimate of drug-likeness (QED) is 0.768. The van der Waals surface area contributed by atoms with Gasteiger partial charge in [-0.05, 0) is 26.3 Å². The zero-order valence-corrected chi connectivity index (χ0v) is 15.5. The highest BCUT2D eigenvalue weighted by atomic mass is 32.1. The van der Waals surface area contributed by atoms with Crippen molar-refractivity contribution in [3.05, 3.63) is 47.8 Å². The van der Waals surface area contributed by atoms with Gasteiger partial charge in [-0.1, -0.05) is 34.8 Å². The van der Waals surface area contributed by atoms with Crippen molar-refractivity contribution in [2.45, 2.75) is 26.3 Å². The lowest BCUT2D eigenvalue weighted by molar-refractivity contribution is 0.220. The van der Waals surface area contributed by atoms with E-state index in [0.717, 1.165) is 23.4 Å². The van der Waals surface area contributed by atoms with E-state index in [1.165, 1.54) is 11.5 Å². The number of urea groups is 1. The first-order chi connectivity index (χ1) is 12.6. The Balaban J connectivity index is 1.45. The van der Waals surface area contributed by atoms with E-state index in [1.807, 2.05) is 46.8 Å². The highest BCUT2D eigenvalue weighted by molar-refractivity contribution is 7.10. The fourth-order valence-corrected chi connectivity index (χ4v) is 3.96.